The van der Waals surface area contributed by atoms with Gasteiger partial charge in [0, 0.05) is 43.9 Å². The summed E-state index contributed by atoms with van der Waals surface area (Å²) < 4.78 is 28.4. The number of rotatable bonds is 8. The van der Waals surface area contributed by atoms with Crippen molar-refractivity contribution < 1.29 is 13.2 Å². The highest BCUT2D eigenvalue weighted by Crippen LogP contribution is 2.26. The van der Waals surface area contributed by atoms with Gasteiger partial charge >= 0.3 is 0 Å². The van der Waals surface area contributed by atoms with Crippen LogP contribution >= 0.6 is 35.3 Å². The Morgan fingerprint density at radius 3 is 2.82 bits per heavy atom. The van der Waals surface area contributed by atoms with Crippen molar-refractivity contribution in [2.24, 2.45) is 4.99 Å². The van der Waals surface area contributed by atoms with E-state index in [1.807, 2.05) is 6.92 Å². The summed E-state index contributed by atoms with van der Waals surface area (Å²) in [5.74, 6) is 0.862. The van der Waals surface area contributed by atoms with E-state index in [9.17, 15) is 8.42 Å². The van der Waals surface area contributed by atoms with Crippen LogP contribution in [-0.2, 0) is 14.6 Å². The minimum atomic E-state index is -2.95. The van der Waals surface area contributed by atoms with Gasteiger partial charge in [0.05, 0.1) is 24.5 Å². The molecule has 0 amide bonds. The van der Waals surface area contributed by atoms with E-state index in [4.69, 9.17) is 4.74 Å². The lowest BCUT2D eigenvalue weighted by molar-refractivity contribution is -0.0334. The lowest BCUT2D eigenvalue weighted by atomic mass is 10.1. The molecule has 1 aromatic heterocycles. The van der Waals surface area contributed by atoms with Crippen LogP contribution in [0.4, 0.5) is 0 Å². The number of sulfone groups is 1. The van der Waals surface area contributed by atoms with Crippen molar-refractivity contribution in [3.05, 3.63) is 22.4 Å². The van der Waals surface area contributed by atoms with Crippen LogP contribution in [0.3, 0.4) is 0 Å². The van der Waals surface area contributed by atoms with Gasteiger partial charge in [-0.15, -0.1) is 35.3 Å². The van der Waals surface area contributed by atoms with Crippen LogP contribution in [0.5, 0.6) is 0 Å². The van der Waals surface area contributed by atoms with Gasteiger partial charge in [-0.25, -0.2) is 8.42 Å². The summed E-state index contributed by atoms with van der Waals surface area (Å²) in [7, 11) is -1.22. The maximum atomic E-state index is 11.4. The number of hydrogen-bond donors (Lipinski definition) is 2. The third-order valence-corrected chi connectivity index (χ3v) is 6.53. The van der Waals surface area contributed by atoms with Crippen molar-refractivity contribution in [3.8, 4) is 0 Å². The molecular formula is C18H33IN4O3S2. The van der Waals surface area contributed by atoms with Crippen molar-refractivity contribution in [2.75, 3.05) is 45.3 Å². The quantitative estimate of drug-likeness (QED) is 0.297. The molecule has 0 aromatic carbocycles. The highest BCUT2D eigenvalue weighted by atomic mass is 127. The molecule has 2 N–H and O–H groups in total. The topological polar surface area (TPSA) is 83.0 Å². The lowest BCUT2D eigenvalue weighted by Crippen LogP contribution is -2.49. The van der Waals surface area contributed by atoms with Crippen LogP contribution in [0.2, 0.25) is 0 Å². The van der Waals surface area contributed by atoms with Crippen LogP contribution in [0, 0.1) is 0 Å². The SMILES string of the molecule is CN=C(NCC(c1cccs1)N1CCOC(C)C1)NC(C)CCS(C)(=O)=O.I. The highest BCUT2D eigenvalue weighted by molar-refractivity contribution is 14.0. The van der Waals surface area contributed by atoms with Gasteiger partial charge in [-0.2, -0.15) is 0 Å². The molecule has 1 aliphatic rings. The average molecular weight is 545 g/mol. The summed E-state index contributed by atoms with van der Waals surface area (Å²) in [6, 6.07) is 4.52. The molecule has 162 valence electrons. The molecule has 1 saturated heterocycles. The molecule has 1 aliphatic heterocycles. The standard InChI is InChI=1S/C18H32N4O3S2.HI/c1-14(7-11-27(4,23)24)21-18(19-3)20-12-16(17-6-5-10-26-17)22-8-9-25-15(2)13-22;/h5-6,10,14-16H,7-9,11-13H2,1-4H3,(H2,19,20,21);1H. The summed E-state index contributed by atoms with van der Waals surface area (Å²) in [5, 5.41) is 8.80. The normalized spacial score (nSPS) is 20.9. The summed E-state index contributed by atoms with van der Waals surface area (Å²) >= 11 is 1.76. The summed E-state index contributed by atoms with van der Waals surface area (Å²) in [4.78, 5) is 8.06. The Labute approximate surface area is 190 Å². The molecular weight excluding hydrogens is 511 g/mol. The second-order valence-corrected chi connectivity index (χ2v) is 10.4. The number of aliphatic imine (C=N–C) groups is 1. The molecule has 7 nitrogen and oxygen atoms in total. The van der Waals surface area contributed by atoms with Crippen LogP contribution < -0.4 is 10.6 Å². The molecule has 0 aliphatic carbocycles. The summed E-state index contributed by atoms with van der Waals surface area (Å²) in [5.41, 5.74) is 0. The Morgan fingerprint density at radius 1 is 1.50 bits per heavy atom. The van der Waals surface area contributed by atoms with E-state index < -0.39 is 9.84 Å². The Hall–Kier alpha value is -0.430. The second-order valence-electron chi connectivity index (χ2n) is 7.12. The predicted octanol–water partition coefficient (Wildman–Crippen LogP) is 2.12. The fourth-order valence-electron chi connectivity index (χ4n) is 3.10. The van der Waals surface area contributed by atoms with Gasteiger partial charge in [0.1, 0.15) is 9.84 Å². The van der Waals surface area contributed by atoms with Crippen molar-refractivity contribution >= 4 is 51.1 Å². The molecule has 3 atom stereocenters. The Bertz CT molecular complexity index is 698. The van der Waals surface area contributed by atoms with Crippen molar-refractivity contribution in [1.29, 1.82) is 0 Å². The first kappa shape index (κ1) is 25.6. The monoisotopic (exact) mass is 544 g/mol. The minimum absolute atomic E-state index is 0. The molecule has 10 heteroatoms. The first-order valence-corrected chi connectivity index (χ1v) is 12.3. The van der Waals surface area contributed by atoms with Gasteiger partial charge in [0.2, 0.25) is 0 Å². The molecule has 1 aromatic rings. The van der Waals surface area contributed by atoms with E-state index in [1.165, 1.54) is 11.1 Å². The fourth-order valence-corrected chi connectivity index (χ4v) is 4.75. The van der Waals surface area contributed by atoms with Crippen molar-refractivity contribution in [1.82, 2.24) is 15.5 Å². The van der Waals surface area contributed by atoms with Gasteiger partial charge in [-0.1, -0.05) is 6.07 Å². The van der Waals surface area contributed by atoms with Crippen LogP contribution in [0.25, 0.3) is 0 Å². The van der Waals surface area contributed by atoms with Crippen molar-refractivity contribution in [3.63, 3.8) is 0 Å². The lowest BCUT2D eigenvalue weighted by Gasteiger charge is -2.37. The molecule has 1 fully saturated rings. The van der Waals surface area contributed by atoms with E-state index >= 15 is 0 Å². The molecule has 3 unspecified atom stereocenters. The van der Waals surface area contributed by atoms with Gasteiger partial charge in [0.25, 0.3) is 0 Å². The number of thiophene rings is 1. The molecule has 0 spiro atoms. The van der Waals surface area contributed by atoms with Gasteiger partial charge in [-0.05, 0) is 31.7 Å². The summed E-state index contributed by atoms with van der Waals surface area (Å²) in [6.07, 6.45) is 2.05. The van der Waals surface area contributed by atoms with E-state index in [1.54, 1.807) is 18.4 Å². The van der Waals surface area contributed by atoms with Crippen molar-refractivity contribution in [2.45, 2.75) is 38.5 Å². The van der Waals surface area contributed by atoms with E-state index in [-0.39, 0.29) is 47.9 Å². The highest BCUT2D eigenvalue weighted by Gasteiger charge is 2.26. The third-order valence-electron chi connectivity index (χ3n) is 4.58. The molecule has 0 bridgehead atoms. The number of nitrogens with zero attached hydrogens (tertiary/aromatic N) is 2. The molecule has 28 heavy (non-hydrogen) atoms. The zero-order valence-corrected chi connectivity index (χ0v) is 21.0. The average Bonchev–Trinajstić information content (AvgIpc) is 3.13. The largest absolute Gasteiger partial charge is 0.376 e. The number of nitrogens with one attached hydrogen (secondary N) is 2. The number of halogens is 1. The first-order valence-electron chi connectivity index (χ1n) is 9.32. The van der Waals surface area contributed by atoms with Crippen LogP contribution in [-0.4, -0.2) is 76.7 Å². The second kappa shape index (κ2) is 12.3. The molecule has 2 heterocycles. The smallest absolute Gasteiger partial charge is 0.191 e. The van der Waals surface area contributed by atoms with E-state index in [0.717, 1.165) is 26.2 Å². The number of ether oxygens (including phenoxy) is 1. The maximum Gasteiger partial charge on any atom is 0.191 e. The van der Waals surface area contributed by atoms with Gasteiger partial charge < -0.3 is 15.4 Å². The predicted molar refractivity (Wildman–Crippen MR) is 128 cm³/mol. The third kappa shape index (κ3) is 8.93. The number of guanidine groups is 1. The molecule has 0 saturated carbocycles. The summed E-state index contributed by atoms with van der Waals surface area (Å²) in [6.45, 7) is 7.37. The minimum Gasteiger partial charge on any atom is -0.376 e. The maximum absolute atomic E-state index is 11.4. The Kier molecular flexibility index (Phi) is 11.3. The molecule has 2 rings (SSSR count). The fraction of sp³-hybridized carbons (Fsp3) is 0.722. The van der Waals surface area contributed by atoms with E-state index in [0.29, 0.717) is 12.4 Å². The zero-order valence-electron chi connectivity index (χ0n) is 17.1. The Balaban J connectivity index is 0.00000392. The Morgan fingerprint density at radius 2 is 2.25 bits per heavy atom. The number of hydrogen-bond acceptors (Lipinski definition) is 6. The molecule has 0 radical (unpaired) electrons. The number of morpholine rings is 1. The van der Waals surface area contributed by atoms with Gasteiger partial charge in [0.15, 0.2) is 5.96 Å². The van der Waals surface area contributed by atoms with Crippen LogP contribution in [0.1, 0.15) is 31.2 Å². The van der Waals surface area contributed by atoms with Crippen LogP contribution in [0.15, 0.2) is 22.5 Å². The van der Waals surface area contributed by atoms with Gasteiger partial charge in [-0.3, -0.25) is 9.89 Å². The zero-order chi connectivity index (χ0) is 19.9. The first-order chi connectivity index (χ1) is 12.8. The van der Waals surface area contributed by atoms with E-state index in [2.05, 4.69) is 45.0 Å².